The van der Waals surface area contributed by atoms with Crippen LogP contribution in [0.2, 0.25) is 5.22 Å². The third-order valence-electron chi connectivity index (χ3n) is 3.08. The standard InChI is InChI=1S/C14H17ClN2O2/c1-9-3-4-13(18-2)10(7-9)8-12(17-16)11-5-6-19-14(11)15/h3-7,12,17H,8,16H2,1-2H3. The quantitative estimate of drug-likeness (QED) is 0.653. The zero-order chi connectivity index (χ0) is 13.8. The molecule has 0 saturated carbocycles. The number of ether oxygens (including phenoxy) is 1. The summed E-state index contributed by atoms with van der Waals surface area (Å²) >= 11 is 5.99. The third kappa shape index (κ3) is 3.10. The summed E-state index contributed by atoms with van der Waals surface area (Å²) in [5, 5.41) is 0.356. The average Bonchev–Trinajstić information content (AvgIpc) is 2.82. The second-order valence-corrected chi connectivity index (χ2v) is 4.73. The lowest BCUT2D eigenvalue weighted by Crippen LogP contribution is -2.29. The molecule has 5 heteroatoms. The maximum absolute atomic E-state index is 5.99. The molecule has 0 aliphatic heterocycles. The van der Waals surface area contributed by atoms with E-state index in [1.54, 1.807) is 13.4 Å². The first-order chi connectivity index (χ1) is 9.15. The Balaban J connectivity index is 2.28. The molecule has 0 aliphatic carbocycles. The normalized spacial score (nSPS) is 12.4. The van der Waals surface area contributed by atoms with E-state index in [1.165, 1.54) is 5.56 Å². The van der Waals surface area contributed by atoms with Crippen LogP contribution in [0.5, 0.6) is 5.75 Å². The highest BCUT2D eigenvalue weighted by Crippen LogP contribution is 2.29. The SMILES string of the molecule is COc1ccc(C)cc1CC(NN)c1ccoc1Cl. The summed E-state index contributed by atoms with van der Waals surface area (Å²) < 4.78 is 10.5. The van der Waals surface area contributed by atoms with E-state index in [-0.39, 0.29) is 6.04 Å². The molecule has 0 aliphatic rings. The molecule has 2 aromatic rings. The van der Waals surface area contributed by atoms with Gasteiger partial charge in [-0.25, -0.2) is 0 Å². The van der Waals surface area contributed by atoms with Gasteiger partial charge in [0.05, 0.1) is 19.4 Å². The van der Waals surface area contributed by atoms with Crippen molar-refractivity contribution in [1.82, 2.24) is 5.43 Å². The van der Waals surface area contributed by atoms with Crippen molar-refractivity contribution < 1.29 is 9.15 Å². The van der Waals surface area contributed by atoms with E-state index < -0.39 is 0 Å². The van der Waals surface area contributed by atoms with Gasteiger partial charge in [-0.3, -0.25) is 11.3 Å². The molecule has 0 radical (unpaired) electrons. The molecule has 2 rings (SSSR count). The molecule has 0 fully saturated rings. The van der Waals surface area contributed by atoms with Crippen molar-refractivity contribution in [3.63, 3.8) is 0 Å². The molecule has 0 saturated heterocycles. The molecule has 3 N–H and O–H groups in total. The highest BCUT2D eigenvalue weighted by atomic mass is 35.5. The Kier molecular flexibility index (Phi) is 4.47. The summed E-state index contributed by atoms with van der Waals surface area (Å²) in [6.07, 6.45) is 2.22. The van der Waals surface area contributed by atoms with Gasteiger partial charge in [0.1, 0.15) is 5.75 Å². The van der Waals surface area contributed by atoms with Gasteiger partial charge in [-0.2, -0.15) is 0 Å². The molecular weight excluding hydrogens is 264 g/mol. The fourth-order valence-electron chi connectivity index (χ4n) is 2.10. The predicted octanol–water partition coefficient (Wildman–Crippen LogP) is 3.00. The van der Waals surface area contributed by atoms with E-state index >= 15 is 0 Å². The van der Waals surface area contributed by atoms with Crippen molar-refractivity contribution >= 4 is 11.6 Å². The molecule has 4 nitrogen and oxygen atoms in total. The molecule has 1 aromatic heterocycles. The molecular formula is C14H17ClN2O2. The van der Waals surface area contributed by atoms with Crippen molar-refractivity contribution in [1.29, 1.82) is 0 Å². The summed E-state index contributed by atoms with van der Waals surface area (Å²) in [6, 6.07) is 7.74. The lowest BCUT2D eigenvalue weighted by atomic mass is 9.99. The first-order valence-corrected chi connectivity index (χ1v) is 6.36. The molecule has 1 unspecified atom stereocenters. The largest absolute Gasteiger partial charge is 0.496 e. The maximum atomic E-state index is 5.99. The van der Waals surface area contributed by atoms with Crippen LogP contribution in [0.15, 0.2) is 34.9 Å². The molecule has 0 spiro atoms. The lowest BCUT2D eigenvalue weighted by molar-refractivity contribution is 0.405. The van der Waals surface area contributed by atoms with Crippen LogP contribution in [0.1, 0.15) is 22.7 Å². The second kappa shape index (κ2) is 6.10. The van der Waals surface area contributed by atoms with Gasteiger partial charge in [-0.15, -0.1) is 0 Å². The number of hydrogen-bond acceptors (Lipinski definition) is 4. The van der Waals surface area contributed by atoms with Crippen LogP contribution in [-0.4, -0.2) is 7.11 Å². The van der Waals surface area contributed by atoms with E-state index in [9.17, 15) is 0 Å². The summed E-state index contributed by atoms with van der Waals surface area (Å²) in [5.74, 6) is 6.46. The maximum Gasteiger partial charge on any atom is 0.197 e. The fraction of sp³-hybridized carbons (Fsp3) is 0.286. The van der Waals surface area contributed by atoms with Gasteiger partial charge in [0.25, 0.3) is 0 Å². The van der Waals surface area contributed by atoms with Crippen molar-refractivity contribution in [3.05, 3.63) is 52.4 Å². The number of halogens is 1. The van der Waals surface area contributed by atoms with Gasteiger partial charge in [-0.05, 0) is 42.6 Å². The van der Waals surface area contributed by atoms with Crippen LogP contribution < -0.4 is 16.0 Å². The topological polar surface area (TPSA) is 60.4 Å². The summed E-state index contributed by atoms with van der Waals surface area (Å²) in [7, 11) is 1.66. The van der Waals surface area contributed by atoms with Crippen LogP contribution in [0.25, 0.3) is 0 Å². The highest BCUT2D eigenvalue weighted by molar-refractivity contribution is 6.29. The summed E-state index contributed by atoms with van der Waals surface area (Å²) in [4.78, 5) is 0. The Hall–Kier alpha value is -1.49. The van der Waals surface area contributed by atoms with Gasteiger partial charge in [0.2, 0.25) is 0 Å². The number of hydrazine groups is 1. The zero-order valence-electron chi connectivity index (χ0n) is 10.9. The molecule has 0 amide bonds. The van der Waals surface area contributed by atoms with Crippen molar-refractivity contribution in [3.8, 4) is 5.75 Å². The number of furan rings is 1. The monoisotopic (exact) mass is 280 g/mol. The van der Waals surface area contributed by atoms with Gasteiger partial charge >= 0.3 is 0 Å². The van der Waals surface area contributed by atoms with Crippen molar-refractivity contribution in [2.45, 2.75) is 19.4 Å². The smallest absolute Gasteiger partial charge is 0.197 e. The number of aryl methyl sites for hydroxylation is 1. The van der Waals surface area contributed by atoms with Crippen LogP contribution in [-0.2, 0) is 6.42 Å². The molecule has 19 heavy (non-hydrogen) atoms. The molecule has 0 bridgehead atoms. The van der Waals surface area contributed by atoms with E-state index in [2.05, 4.69) is 11.5 Å². The summed E-state index contributed by atoms with van der Waals surface area (Å²) in [6.45, 7) is 2.04. The second-order valence-electron chi connectivity index (χ2n) is 4.39. The van der Waals surface area contributed by atoms with E-state index in [1.807, 2.05) is 25.1 Å². The van der Waals surface area contributed by atoms with Crippen LogP contribution in [0, 0.1) is 6.92 Å². The minimum atomic E-state index is -0.123. The third-order valence-corrected chi connectivity index (χ3v) is 3.39. The first-order valence-electron chi connectivity index (χ1n) is 5.98. The molecule has 1 heterocycles. The Morgan fingerprint density at radius 2 is 2.21 bits per heavy atom. The number of nitrogens with one attached hydrogen (secondary N) is 1. The number of rotatable bonds is 5. The van der Waals surface area contributed by atoms with Gasteiger partial charge in [0.15, 0.2) is 5.22 Å². The number of nitrogens with two attached hydrogens (primary N) is 1. The van der Waals surface area contributed by atoms with Crippen LogP contribution >= 0.6 is 11.6 Å². The molecule has 1 aromatic carbocycles. The lowest BCUT2D eigenvalue weighted by Gasteiger charge is -2.17. The fourth-order valence-corrected chi connectivity index (χ4v) is 2.35. The van der Waals surface area contributed by atoms with Gasteiger partial charge < -0.3 is 9.15 Å². The first kappa shape index (κ1) is 13.9. The van der Waals surface area contributed by atoms with Crippen LogP contribution in [0.4, 0.5) is 0 Å². The zero-order valence-corrected chi connectivity index (χ0v) is 11.7. The Morgan fingerprint density at radius 3 is 2.79 bits per heavy atom. The minimum absolute atomic E-state index is 0.123. The molecule has 1 atom stereocenters. The Morgan fingerprint density at radius 1 is 1.42 bits per heavy atom. The Labute approximate surface area is 117 Å². The summed E-state index contributed by atoms with van der Waals surface area (Å²) in [5.41, 5.74) is 5.85. The molecule has 102 valence electrons. The van der Waals surface area contributed by atoms with Crippen LogP contribution in [0.3, 0.4) is 0 Å². The predicted molar refractivity (Wildman–Crippen MR) is 75.2 cm³/mol. The van der Waals surface area contributed by atoms with Gasteiger partial charge in [0, 0.05) is 5.56 Å². The van der Waals surface area contributed by atoms with Crippen molar-refractivity contribution in [2.75, 3.05) is 7.11 Å². The van der Waals surface area contributed by atoms with E-state index in [0.717, 1.165) is 16.9 Å². The van der Waals surface area contributed by atoms with Gasteiger partial charge in [-0.1, -0.05) is 17.7 Å². The highest BCUT2D eigenvalue weighted by Gasteiger charge is 2.18. The van der Waals surface area contributed by atoms with Crippen molar-refractivity contribution in [2.24, 2.45) is 5.84 Å². The van der Waals surface area contributed by atoms with E-state index in [0.29, 0.717) is 11.6 Å². The number of methoxy groups -OCH3 is 1. The minimum Gasteiger partial charge on any atom is -0.496 e. The average molecular weight is 281 g/mol. The number of benzene rings is 1. The Bertz CT molecular complexity index is 554. The number of hydrogen-bond donors (Lipinski definition) is 2. The van der Waals surface area contributed by atoms with E-state index in [4.69, 9.17) is 26.6 Å².